The van der Waals surface area contributed by atoms with Crippen LogP contribution in [0.1, 0.15) is 20.7 Å². The molecule has 2 aromatic rings. The molecule has 2 aromatic carbocycles. The van der Waals surface area contributed by atoms with Crippen LogP contribution in [0.15, 0.2) is 30.3 Å². The van der Waals surface area contributed by atoms with Gasteiger partial charge in [-0.25, -0.2) is 9.59 Å². The molecule has 0 aliphatic rings. The molecule has 3 N–H and O–H groups in total. The van der Waals surface area contributed by atoms with E-state index < -0.39 is 11.9 Å². The molecule has 0 aromatic heterocycles. The maximum atomic E-state index is 10.9. The average Bonchev–Trinajstić information content (AvgIpc) is 2.27. The summed E-state index contributed by atoms with van der Waals surface area (Å²) >= 11 is 0. The molecule has 0 atom stereocenters. The summed E-state index contributed by atoms with van der Waals surface area (Å²) in [6, 6.07) is 6.97. The molecule has 17 heavy (non-hydrogen) atoms. The van der Waals surface area contributed by atoms with Gasteiger partial charge in [-0.1, -0.05) is 12.1 Å². The predicted molar refractivity (Wildman–Crippen MR) is 59.5 cm³/mol. The quantitative estimate of drug-likeness (QED) is 0.735. The van der Waals surface area contributed by atoms with Crippen molar-refractivity contribution in [3.05, 3.63) is 41.5 Å². The van der Waals surface area contributed by atoms with Crippen LogP contribution >= 0.6 is 0 Å². The van der Waals surface area contributed by atoms with Gasteiger partial charge in [0, 0.05) is 5.39 Å². The first-order valence-electron chi connectivity index (χ1n) is 4.73. The highest BCUT2D eigenvalue weighted by Gasteiger charge is 2.17. The summed E-state index contributed by atoms with van der Waals surface area (Å²) in [5, 5.41) is 28.2. The highest BCUT2D eigenvalue weighted by atomic mass is 16.4. The van der Waals surface area contributed by atoms with Crippen molar-refractivity contribution in [1.29, 1.82) is 0 Å². The molecule has 0 saturated heterocycles. The number of carbonyl (C=O) groups is 2. The van der Waals surface area contributed by atoms with Crippen LogP contribution < -0.4 is 0 Å². The number of hydrogen-bond acceptors (Lipinski definition) is 3. The molecular formula is C12H8O5. The molecule has 0 amide bonds. The zero-order valence-corrected chi connectivity index (χ0v) is 8.54. The molecule has 0 fully saturated rings. The van der Waals surface area contributed by atoms with Crippen LogP contribution in [0, 0.1) is 0 Å². The normalized spacial score (nSPS) is 10.4. The molecule has 0 heterocycles. The van der Waals surface area contributed by atoms with Crippen molar-refractivity contribution in [3.8, 4) is 5.75 Å². The molecule has 86 valence electrons. The van der Waals surface area contributed by atoms with Crippen LogP contribution in [0.5, 0.6) is 5.75 Å². The van der Waals surface area contributed by atoms with E-state index in [9.17, 15) is 14.7 Å². The fourth-order valence-corrected chi connectivity index (χ4v) is 1.66. The number of phenolic OH excluding ortho intramolecular Hbond substituents is 1. The minimum absolute atomic E-state index is 0.0815. The van der Waals surface area contributed by atoms with E-state index in [-0.39, 0.29) is 16.9 Å². The molecule has 0 saturated carbocycles. The number of carboxylic acids is 2. The third-order valence-corrected chi connectivity index (χ3v) is 2.46. The number of fused-ring (bicyclic) bond motifs is 1. The highest BCUT2D eigenvalue weighted by molar-refractivity contribution is 6.07. The van der Waals surface area contributed by atoms with E-state index in [1.165, 1.54) is 12.1 Å². The maximum Gasteiger partial charge on any atom is 0.336 e. The van der Waals surface area contributed by atoms with Crippen LogP contribution in [0.2, 0.25) is 0 Å². The third-order valence-electron chi connectivity index (χ3n) is 2.46. The van der Waals surface area contributed by atoms with E-state index >= 15 is 0 Å². The zero-order valence-electron chi connectivity index (χ0n) is 8.54. The highest BCUT2D eigenvalue weighted by Crippen LogP contribution is 2.27. The van der Waals surface area contributed by atoms with Gasteiger partial charge in [-0.2, -0.15) is 0 Å². The first kappa shape index (κ1) is 10.9. The summed E-state index contributed by atoms with van der Waals surface area (Å²) in [5.41, 5.74) is -0.637. The Morgan fingerprint density at radius 1 is 0.941 bits per heavy atom. The maximum absolute atomic E-state index is 10.9. The van der Waals surface area contributed by atoms with E-state index in [1.54, 1.807) is 12.1 Å². The van der Waals surface area contributed by atoms with Crippen LogP contribution in [0.4, 0.5) is 0 Å². The van der Waals surface area contributed by atoms with Crippen molar-refractivity contribution in [2.24, 2.45) is 0 Å². The molecule has 2 rings (SSSR count). The van der Waals surface area contributed by atoms with Crippen LogP contribution in [0.25, 0.3) is 10.8 Å². The first-order chi connectivity index (χ1) is 8.00. The number of carboxylic acid groups (broad SMARTS) is 2. The number of hydrogen-bond donors (Lipinski definition) is 3. The lowest BCUT2D eigenvalue weighted by atomic mass is 10.0. The lowest BCUT2D eigenvalue weighted by Gasteiger charge is -2.06. The van der Waals surface area contributed by atoms with E-state index in [0.717, 1.165) is 6.07 Å². The van der Waals surface area contributed by atoms with Gasteiger partial charge >= 0.3 is 11.9 Å². The topological polar surface area (TPSA) is 94.8 Å². The molecule has 5 nitrogen and oxygen atoms in total. The molecule has 5 heteroatoms. The standard InChI is InChI=1S/C12H8O5/c13-10-3-1-2-6-4-8(11(14)15)9(12(16)17)5-7(6)10/h1-5,13H,(H,14,15)(H,16,17). The molecule has 0 aliphatic carbocycles. The number of aromatic hydroxyl groups is 1. The summed E-state index contributed by atoms with van der Waals surface area (Å²) in [6.07, 6.45) is 0. The van der Waals surface area contributed by atoms with Gasteiger partial charge in [0.1, 0.15) is 5.75 Å². The predicted octanol–water partition coefficient (Wildman–Crippen LogP) is 1.94. The minimum Gasteiger partial charge on any atom is -0.507 e. The second-order valence-electron chi connectivity index (χ2n) is 3.51. The summed E-state index contributed by atoms with van der Waals surface area (Å²) in [4.78, 5) is 21.9. The molecule has 0 radical (unpaired) electrons. The fourth-order valence-electron chi connectivity index (χ4n) is 1.66. The Hall–Kier alpha value is -2.56. The smallest absolute Gasteiger partial charge is 0.336 e. The second-order valence-corrected chi connectivity index (χ2v) is 3.51. The Balaban J connectivity index is 2.87. The Kier molecular flexibility index (Phi) is 2.44. The third kappa shape index (κ3) is 1.78. The van der Waals surface area contributed by atoms with Crippen LogP contribution in [-0.2, 0) is 0 Å². The van der Waals surface area contributed by atoms with Gasteiger partial charge in [0.2, 0.25) is 0 Å². The minimum atomic E-state index is -1.34. The van der Waals surface area contributed by atoms with Gasteiger partial charge in [0.25, 0.3) is 0 Å². The van der Waals surface area contributed by atoms with Crippen LogP contribution in [0.3, 0.4) is 0 Å². The van der Waals surface area contributed by atoms with E-state index in [1.807, 2.05) is 0 Å². The average molecular weight is 232 g/mol. The van der Waals surface area contributed by atoms with Gasteiger partial charge in [-0.15, -0.1) is 0 Å². The lowest BCUT2D eigenvalue weighted by molar-refractivity contribution is 0.0652. The van der Waals surface area contributed by atoms with Crippen molar-refractivity contribution in [2.75, 3.05) is 0 Å². The van der Waals surface area contributed by atoms with E-state index in [4.69, 9.17) is 10.2 Å². The Morgan fingerprint density at radius 3 is 2.12 bits per heavy atom. The summed E-state index contributed by atoms with van der Waals surface area (Å²) < 4.78 is 0. The van der Waals surface area contributed by atoms with Gasteiger partial charge in [-0.3, -0.25) is 0 Å². The SMILES string of the molecule is O=C(O)c1cc2cccc(O)c2cc1C(=O)O. The molecule has 0 bridgehead atoms. The zero-order chi connectivity index (χ0) is 12.6. The lowest BCUT2D eigenvalue weighted by Crippen LogP contribution is -2.07. The molecular weight excluding hydrogens is 224 g/mol. The van der Waals surface area contributed by atoms with Crippen molar-refractivity contribution in [1.82, 2.24) is 0 Å². The number of benzene rings is 2. The van der Waals surface area contributed by atoms with Gasteiger partial charge in [0.05, 0.1) is 11.1 Å². The van der Waals surface area contributed by atoms with E-state index in [0.29, 0.717) is 10.8 Å². The van der Waals surface area contributed by atoms with E-state index in [2.05, 4.69) is 0 Å². The molecule has 0 aliphatic heterocycles. The summed E-state index contributed by atoms with van der Waals surface area (Å²) in [5.74, 6) is -2.73. The van der Waals surface area contributed by atoms with Crippen molar-refractivity contribution < 1.29 is 24.9 Å². The molecule has 0 unspecified atom stereocenters. The number of phenols is 1. The first-order valence-corrected chi connectivity index (χ1v) is 4.73. The second kappa shape index (κ2) is 3.79. The van der Waals surface area contributed by atoms with Crippen LogP contribution in [-0.4, -0.2) is 27.3 Å². The van der Waals surface area contributed by atoms with Crippen molar-refractivity contribution in [3.63, 3.8) is 0 Å². The number of rotatable bonds is 2. The molecule has 0 spiro atoms. The van der Waals surface area contributed by atoms with Crippen molar-refractivity contribution in [2.45, 2.75) is 0 Å². The van der Waals surface area contributed by atoms with Crippen molar-refractivity contribution >= 4 is 22.7 Å². The summed E-state index contributed by atoms with van der Waals surface area (Å²) in [6.45, 7) is 0. The summed E-state index contributed by atoms with van der Waals surface area (Å²) in [7, 11) is 0. The Bertz CT molecular complexity index is 630. The van der Waals surface area contributed by atoms with Gasteiger partial charge < -0.3 is 15.3 Å². The Morgan fingerprint density at radius 2 is 1.53 bits per heavy atom. The number of aromatic carboxylic acids is 2. The fraction of sp³-hybridized carbons (Fsp3) is 0. The van der Waals surface area contributed by atoms with Gasteiger partial charge in [0.15, 0.2) is 0 Å². The Labute approximate surface area is 95.5 Å². The largest absolute Gasteiger partial charge is 0.507 e. The monoisotopic (exact) mass is 232 g/mol. The van der Waals surface area contributed by atoms with Gasteiger partial charge in [-0.05, 0) is 23.6 Å².